The zero-order chi connectivity index (χ0) is 16.8. The third-order valence-electron chi connectivity index (χ3n) is 5.01. The van der Waals surface area contributed by atoms with E-state index in [1.165, 1.54) is 0 Å². The molecule has 1 fully saturated rings. The maximum Gasteiger partial charge on any atom is 0.227 e. The molecule has 1 atom stereocenters. The standard InChI is InChI=1S/C20H29NO2/c1-5-15(6-2)18-13-17(11-12-19(18)23-4)21-20(22)16-9-7-14(3)8-10-16/h5,11-16H,1,6-10H2,2-4H3,(H,21,22). The van der Waals surface area contributed by atoms with Gasteiger partial charge in [-0.3, -0.25) is 4.79 Å². The Hall–Kier alpha value is -1.77. The van der Waals surface area contributed by atoms with E-state index in [9.17, 15) is 4.79 Å². The predicted molar refractivity (Wildman–Crippen MR) is 96.0 cm³/mol. The SMILES string of the molecule is C=CC(CC)c1cc(NC(=O)C2CCC(C)CC2)ccc1OC. The number of methoxy groups -OCH3 is 1. The highest BCUT2D eigenvalue weighted by molar-refractivity contribution is 5.92. The lowest BCUT2D eigenvalue weighted by Crippen LogP contribution is -2.26. The highest BCUT2D eigenvalue weighted by Gasteiger charge is 2.24. The minimum absolute atomic E-state index is 0.151. The van der Waals surface area contributed by atoms with Crippen molar-refractivity contribution in [2.45, 2.75) is 51.9 Å². The fourth-order valence-corrected chi connectivity index (χ4v) is 3.38. The minimum atomic E-state index is 0.151. The Morgan fingerprint density at radius 1 is 1.39 bits per heavy atom. The smallest absolute Gasteiger partial charge is 0.227 e. The number of carbonyl (C=O) groups is 1. The summed E-state index contributed by atoms with van der Waals surface area (Å²) in [5.41, 5.74) is 1.93. The average Bonchev–Trinajstić information content (AvgIpc) is 2.57. The first-order chi connectivity index (χ1) is 11.1. The Morgan fingerprint density at radius 3 is 2.65 bits per heavy atom. The molecule has 3 heteroatoms. The molecule has 0 aromatic heterocycles. The molecule has 0 heterocycles. The van der Waals surface area contributed by atoms with Crippen LogP contribution < -0.4 is 10.1 Å². The molecule has 0 spiro atoms. The van der Waals surface area contributed by atoms with Crippen molar-refractivity contribution in [1.29, 1.82) is 0 Å². The number of rotatable bonds is 6. The molecule has 1 unspecified atom stereocenters. The molecule has 0 bridgehead atoms. The molecule has 0 radical (unpaired) electrons. The van der Waals surface area contributed by atoms with Crippen LogP contribution in [0.1, 0.15) is 57.4 Å². The third kappa shape index (κ3) is 4.37. The fourth-order valence-electron chi connectivity index (χ4n) is 3.38. The highest BCUT2D eigenvalue weighted by atomic mass is 16.5. The molecule has 1 amide bonds. The van der Waals surface area contributed by atoms with Crippen molar-refractivity contribution in [3.63, 3.8) is 0 Å². The first-order valence-corrected chi connectivity index (χ1v) is 8.70. The molecule has 23 heavy (non-hydrogen) atoms. The van der Waals surface area contributed by atoms with Crippen LogP contribution in [0.3, 0.4) is 0 Å². The van der Waals surface area contributed by atoms with Crippen molar-refractivity contribution in [1.82, 2.24) is 0 Å². The molecule has 0 aliphatic heterocycles. The van der Waals surface area contributed by atoms with E-state index in [1.54, 1.807) is 7.11 Å². The normalized spacial score (nSPS) is 22.2. The Bertz CT molecular complexity index is 545. The topological polar surface area (TPSA) is 38.3 Å². The lowest BCUT2D eigenvalue weighted by molar-refractivity contribution is -0.121. The number of amides is 1. The molecule has 126 valence electrons. The first-order valence-electron chi connectivity index (χ1n) is 8.70. The van der Waals surface area contributed by atoms with E-state index in [1.807, 2.05) is 24.3 Å². The zero-order valence-electron chi connectivity index (χ0n) is 14.6. The average molecular weight is 315 g/mol. The summed E-state index contributed by atoms with van der Waals surface area (Å²) >= 11 is 0. The molecule has 2 rings (SSSR count). The third-order valence-corrected chi connectivity index (χ3v) is 5.01. The number of anilines is 1. The van der Waals surface area contributed by atoms with E-state index in [0.29, 0.717) is 0 Å². The molecule has 1 saturated carbocycles. The molecule has 1 aromatic rings. The van der Waals surface area contributed by atoms with Gasteiger partial charge < -0.3 is 10.1 Å². The maximum absolute atomic E-state index is 12.5. The summed E-state index contributed by atoms with van der Waals surface area (Å²) < 4.78 is 5.46. The van der Waals surface area contributed by atoms with Gasteiger partial charge in [0.2, 0.25) is 5.91 Å². The summed E-state index contributed by atoms with van der Waals surface area (Å²) in [6.07, 6.45) is 7.20. The van der Waals surface area contributed by atoms with Gasteiger partial charge in [-0.1, -0.05) is 19.9 Å². The minimum Gasteiger partial charge on any atom is -0.496 e. The second kappa shape index (κ2) is 8.19. The van der Waals surface area contributed by atoms with Crippen molar-refractivity contribution < 1.29 is 9.53 Å². The zero-order valence-corrected chi connectivity index (χ0v) is 14.6. The van der Waals surface area contributed by atoms with Crippen molar-refractivity contribution in [3.05, 3.63) is 36.4 Å². The number of hydrogen-bond donors (Lipinski definition) is 1. The van der Waals surface area contributed by atoms with Gasteiger partial charge in [-0.25, -0.2) is 0 Å². The van der Waals surface area contributed by atoms with Crippen molar-refractivity contribution >= 4 is 11.6 Å². The van der Waals surface area contributed by atoms with Gasteiger partial charge in [-0.05, 0) is 56.2 Å². The van der Waals surface area contributed by atoms with Crippen LogP contribution in [0.5, 0.6) is 5.75 Å². The van der Waals surface area contributed by atoms with Crippen LogP contribution in [0, 0.1) is 11.8 Å². The summed E-state index contributed by atoms with van der Waals surface area (Å²) in [7, 11) is 1.68. The van der Waals surface area contributed by atoms with Gasteiger partial charge in [0.15, 0.2) is 0 Å². The summed E-state index contributed by atoms with van der Waals surface area (Å²) in [6, 6.07) is 5.87. The summed E-state index contributed by atoms with van der Waals surface area (Å²) in [5.74, 6) is 2.14. The van der Waals surface area contributed by atoms with Gasteiger partial charge in [0, 0.05) is 23.1 Å². The van der Waals surface area contributed by atoms with Crippen LogP contribution in [0.15, 0.2) is 30.9 Å². The highest BCUT2D eigenvalue weighted by Crippen LogP contribution is 2.33. The Labute approximate surface area is 140 Å². The second-order valence-corrected chi connectivity index (χ2v) is 6.65. The number of allylic oxidation sites excluding steroid dienone is 1. The number of ether oxygens (including phenoxy) is 1. The monoisotopic (exact) mass is 315 g/mol. The van der Waals surface area contributed by atoms with E-state index >= 15 is 0 Å². The van der Waals surface area contributed by atoms with Crippen LogP contribution >= 0.6 is 0 Å². The number of hydrogen-bond acceptors (Lipinski definition) is 2. The molecule has 0 saturated heterocycles. The van der Waals surface area contributed by atoms with Crippen LogP contribution in [-0.2, 0) is 4.79 Å². The van der Waals surface area contributed by atoms with Gasteiger partial charge in [-0.2, -0.15) is 0 Å². The largest absolute Gasteiger partial charge is 0.496 e. The number of nitrogens with one attached hydrogen (secondary N) is 1. The molecule has 1 aliphatic rings. The van der Waals surface area contributed by atoms with Gasteiger partial charge in [0.05, 0.1) is 7.11 Å². The molecular weight excluding hydrogens is 286 g/mol. The Kier molecular flexibility index (Phi) is 6.26. The lowest BCUT2D eigenvalue weighted by atomic mass is 9.82. The molecule has 3 nitrogen and oxygen atoms in total. The van der Waals surface area contributed by atoms with Gasteiger partial charge in [0.25, 0.3) is 0 Å². The van der Waals surface area contributed by atoms with E-state index in [4.69, 9.17) is 4.74 Å². The van der Waals surface area contributed by atoms with Gasteiger partial charge in [0.1, 0.15) is 5.75 Å². The Balaban J connectivity index is 2.12. The van der Waals surface area contributed by atoms with Crippen molar-refractivity contribution in [3.8, 4) is 5.75 Å². The van der Waals surface area contributed by atoms with E-state index in [2.05, 4.69) is 25.7 Å². The van der Waals surface area contributed by atoms with Crippen molar-refractivity contribution in [2.24, 2.45) is 11.8 Å². The molecule has 1 N–H and O–H groups in total. The van der Waals surface area contributed by atoms with Crippen LogP contribution in [0.25, 0.3) is 0 Å². The molecular formula is C20H29NO2. The van der Waals surface area contributed by atoms with E-state index in [0.717, 1.165) is 55.0 Å². The maximum atomic E-state index is 12.5. The number of carbonyl (C=O) groups excluding carboxylic acids is 1. The predicted octanol–water partition coefficient (Wildman–Crippen LogP) is 5.14. The summed E-state index contributed by atoms with van der Waals surface area (Å²) in [4.78, 5) is 12.5. The van der Waals surface area contributed by atoms with Gasteiger partial charge in [-0.15, -0.1) is 6.58 Å². The van der Waals surface area contributed by atoms with E-state index in [-0.39, 0.29) is 17.7 Å². The summed E-state index contributed by atoms with van der Waals surface area (Å²) in [6.45, 7) is 8.30. The fraction of sp³-hybridized carbons (Fsp3) is 0.550. The second-order valence-electron chi connectivity index (χ2n) is 6.65. The Morgan fingerprint density at radius 2 is 2.09 bits per heavy atom. The van der Waals surface area contributed by atoms with Gasteiger partial charge >= 0.3 is 0 Å². The van der Waals surface area contributed by atoms with Crippen molar-refractivity contribution in [2.75, 3.05) is 12.4 Å². The molecule has 1 aliphatic carbocycles. The van der Waals surface area contributed by atoms with Crippen LogP contribution in [0.4, 0.5) is 5.69 Å². The summed E-state index contributed by atoms with van der Waals surface area (Å²) in [5, 5.41) is 3.09. The lowest BCUT2D eigenvalue weighted by Gasteiger charge is -2.25. The first kappa shape index (κ1) is 17.6. The van der Waals surface area contributed by atoms with Crippen LogP contribution in [0.2, 0.25) is 0 Å². The molecule has 1 aromatic carbocycles. The quantitative estimate of drug-likeness (QED) is 0.738. The number of benzene rings is 1. The van der Waals surface area contributed by atoms with Crippen LogP contribution in [-0.4, -0.2) is 13.0 Å². The van der Waals surface area contributed by atoms with E-state index < -0.39 is 0 Å².